The maximum absolute atomic E-state index is 4.93. The topological polar surface area (TPSA) is 51.9 Å². The summed E-state index contributed by atoms with van der Waals surface area (Å²) < 4.78 is 1.91. The number of nitrogens with zero attached hydrogens (tertiary/aromatic N) is 6. The van der Waals surface area contributed by atoms with E-state index < -0.39 is 0 Å². The van der Waals surface area contributed by atoms with Crippen molar-refractivity contribution >= 4 is 5.96 Å². The van der Waals surface area contributed by atoms with Crippen molar-refractivity contribution < 1.29 is 0 Å². The van der Waals surface area contributed by atoms with Crippen molar-refractivity contribution in [3.8, 4) is 0 Å². The highest BCUT2D eigenvalue weighted by Crippen LogP contribution is 2.18. The second-order valence-electron chi connectivity index (χ2n) is 8.11. The second kappa shape index (κ2) is 10.1. The summed E-state index contributed by atoms with van der Waals surface area (Å²) in [4.78, 5) is 12.1. The lowest BCUT2D eigenvalue weighted by atomic mass is 10.1. The molecule has 2 heterocycles. The summed E-state index contributed by atoms with van der Waals surface area (Å²) in [5.41, 5.74) is 2.44. The number of rotatable bonds is 7. The van der Waals surface area contributed by atoms with Gasteiger partial charge < -0.3 is 15.1 Å². The highest BCUT2D eigenvalue weighted by molar-refractivity contribution is 5.79. The number of aryl methyl sites for hydroxylation is 1. The molecule has 1 aliphatic rings. The van der Waals surface area contributed by atoms with Gasteiger partial charge >= 0.3 is 0 Å². The molecular weight excluding hydrogens is 338 g/mol. The van der Waals surface area contributed by atoms with Crippen molar-refractivity contribution in [2.45, 2.75) is 46.2 Å². The first kappa shape index (κ1) is 21.7. The number of aromatic nitrogens is 2. The largest absolute Gasteiger partial charge is 0.357 e. The summed E-state index contributed by atoms with van der Waals surface area (Å²) in [6.07, 6.45) is 2.13. The SMILES string of the molecule is CCNC(=NCC(C)N1CCN(C)CC1)N(C)Cc1cn(C)nc1C(C)C. The number of likely N-dealkylation sites (N-methyl/N-ethyl adjacent to an activating group) is 1. The summed E-state index contributed by atoms with van der Waals surface area (Å²) in [6.45, 7) is 15.9. The fourth-order valence-corrected chi connectivity index (χ4v) is 3.56. The van der Waals surface area contributed by atoms with Gasteiger partial charge in [-0.3, -0.25) is 14.6 Å². The number of guanidine groups is 1. The van der Waals surface area contributed by atoms with E-state index in [1.807, 2.05) is 11.7 Å². The Balaban J connectivity index is 2.01. The average molecular weight is 378 g/mol. The third kappa shape index (κ3) is 6.21. The van der Waals surface area contributed by atoms with Crippen LogP contribution in [0, 0.1) is 0 Å². The Hall–Kier alpha value is -1.60. The molecule has 1 saturated heterocycles. The Morgan fingerprint density at radius 3 is 2.48 bits per heavy atom. The molecule has 0 bridgehead atoms. The van der Waals surface area contributed by atoms with Gasteiger partial charge in [-0.25, -0.2) is 0 Å². The van der Waals surface area contributed by atoms with Crippen LogP contribution in [0.4, 0.5) is 0 Å². The van der Waals surface area contributed by atoms with Crippen LogP contribution in [0.5, 0.6) is 0 Å². The smallest absolute Gasteiger partial charge is 0.194 e. The summed E-state index contributed by atoms with van der Waals surface area (Å²) >= 11 is 0. The Morgan fingerprint density at radius 1 is 1.22 bits per heavy atom. The summed E-state index contributed by atoms with van der Waals surface area (Å²) in [6, 6.07) is 0.463. The molecule has 1 fully saturated rings. The molecule has 1 unspecified atom stereocenters. The molecule has 0 radical (unpaired) electrons. The third-order valence-corrected chi connectivity index (χ3v) is 5.25. The van der Waals surface area contributed by atoms with Gasteiger partial charge in [-0.2, -0.15) is 5.10 Å². The zero-order chi connectivity index (χ0) is 20.0. The quantitative estimate of drug-likeness (QED) is 0.577. The summed E-state index contributed by atoms with van der Waals surface area (Å²) in [5.74, 6) is 1.39. The van der Waals surface area contributed by atoms with Crippen LogP contribution in [0.2, 0.25) is 0 Å². The molecule has 0 amide bonds. The number of hydrogen-bond acceptors (Lipinski definition) is 4. The Morgan fingerprint density at radius 2 is 1.89 bits per heavy atom. The van der Waals surface area contributed by atoms with Crippen molar-refractivity contribution in [1.82, 2.24) is 29.8 Å². The third-order valence-electron chi connectivity index (χ3n) is 5.25. The van der Waals surface area contributed by atoms with Gasteiger partial charge in [0.1, 0.15) is 0 Å². The van der Waals surface area contributed by atoms with E-state index in [9.17, 15) is 0 Å². The maximum atomic E-state index is 4.93. The predicted molar refractivity (Wildman–Crippen MR) is 113 cm³/mol. The molecule has 2 rings (SSSR count). The Bertz CT molecular complexity index is 599. The molecule has 7 nitrogen and oxygen atoms in total. The van der Waals surface area contributed by atoms with Gasteiger partial charge in [0.05, 0.1) is 12.2 Å². The van der Waals surface area contributed by atoms with Gasteiger partial charge in [-0.1, -0.05) is 13.8 Å². The highest BCUT2D eigenvalue weighted by atomic mass is 15.3. The molecule has 7 heteroatoms. The zero-order valence-electron chi connectivity index (χ0n) is 18.4. The van der Waals surface area contributed by atoms with Gasteiger partial charge in [-0.15, -0.1) is 0 Å². The minimum atomic E-state index is 0.423. The van der Waals surface area contributed by atoms with Crippen molar-refractivity contribution in [1.29, 1.82) is 0 Å². The zero-order valence-corrected chi connectivity index (χ0v) is 18.4. The van der Waals surface area contributed by atoms with E-state index in [1.165, 1.54) is 11.3 Å². The van der Waals surface area contributed by atoms with Crippen LogP contribution in [0.1, 0.15) is 44.9 Å². The van der Waals surface area contributed by atoms with E-state index >= 15 is 0 Å². The average Bonchev–Trinajstić information content (AvgIpc) is 2.99. The minimum absolute atomic E-state index is 0.423. The van der Waals surface area contributed by atoms with Gasteiger partial charge in [0.15, 0.2) is 5.96 Å². The monoisotopic (exact) mass is 377 g/mol. The lowest BCUT2D eigenvalue weighted by Crippen LogP contribution is -2.49. The fraction of sp³-hybridized carbons (Fsp3) is 0.800. The van der Waals surface area contributed by atoms with Crippen molar-refractivity contribution in [2.24, 2.45) is 12.0 Å². The molecule has 0 saturated carbocycles. The fourth-order valence-electron chi connectivity index (χ4n) is 3.56. The lowest BCUT2D eigenvalue weighted by molar-refractivity contribution is 0.122. The Kier molecular flexibility index (Phi) is 8.10. The molecule has 1 N–H and O–H groups in total. The van der Waals surface area contributed by atoms with Crippen LogP contribution in [-0.4, -0.2) is 89.8 Å². The van der Waals surface area contributed by atoms with E-state index in [-0.39, 0.29) is 0 Å². The van der Waals surface area contributed by atoms with E-state index in [0.29, 0.717) is 12.0 Å². The molecule has 27 heavy (non-hydrogen) atoms. The first-order valence-electron chi connectivity index (χ1n) is 10.3. The number of nitrogens with one attached hydrogen (secondary N) is 1. The highest BCUT2D eigenvalue weighted by Gasteiger charge is 2.20. The first-order chi connectivity index (χ1) is 12.8. The van der Waals surface area contributed by atoms with E-state index in [1.54, 1.807) is 0 Å². The molecule has 0 aromatic carbocycles. The van der Waals surface area contributed by atoms with Crippen LogP contribution in [0.25, 0.3) is 0 Å². The van der Waals surface area contributed by atoms with Crippen LogP contribution in [-0.2, 0) is 13.6 Å². The molecule has 1 aromatic rings. The summed E-state index contributed by atoms with van der Waals surface area (Å²) in [5, 5.41) is 8.07. The van der Waals surface area contributed by atoms with E-state index in [4.69, 9.17) is 4.99 Å². The van der Waals surface area contributed by atoms with Crippen LogP contribution >= 0.6 is 0 Å². The normalized spacial score (nSPS) is 18.1. The Labute approximate surface area is 165 Å². The van der Waals surface area contributed by atoms with Gasteiger partial charge in [0.25, 0.3) is 0 Å². The number of hydrogen-bond donors (Lipinski definition) is 1. The van der Waals surface area contributed by atoms with Crippen molar-refractivity contribution in [3.63, 3.8) is 0 Å². The summed E-state index contributed by atoms with van der Waals surface area (Å²) in [7, 11) is 6.30. The minimum Gasteiger partial charge on any atom is -0.357 e. The molecule has 0 spiro atoms. The van der Waals surface area contributed by atoms with Gasteiger partial charge in [0, 0.05) is 71.2 Å². The molecule has 0 aliphatic carbocycles. The van der Waals surface area contributed by atoms with Crippen molar-refractivity contribution in [3.05, 3.63) is 17.5 Å². The molecular formula is C20H39N7. The van der Waals surface area contributed by atoms with Crippen molar-refractivity contribution in [2.75, 3.05) is 53.4 Å². The van der Waals surface area contributed by atoms with Crippen LogP contribution in [0.3, 0.4) is 0 Å². The molecule has 1 aliphatic heterocycles. The number of piperazine rings is 1. The second-order valence-corrected chi connectivity index (χ2v) is 8.11. The standard InChI is InChI=1S/C20H39N7/c1-8-21-20(22-13-17(4)27-11-9-24(5)10-12-27)25(6)14-18-15-26(7)23-19(18)16(2)3/h15-17H,8-14H2,1-7H3,(H,21,22). The molecule has 154 valence electrons. The van der Waals surface area contributed by atoms with E-state index in [0.717, 1.165) is 51.8 Å². The van der Waals surface area contributed by atoms with Crippen LogP contribution in [0.15, 0.2) is 11.2 Å². The van der Waals surface area contributed by atoms with Gasteiger partial charge in [0.2, 0.25) is 0 Å². The molecule has 1 atom stereocenters. The predicted octanol–water partition coefficient (Wildman–Crippen LogP) is 1.58. The molecule has 1 aromatic heterocycles. The van der Waals surface area contributed by atoms with E-state index in [2.05, 4.69) is 73.1 Å². The maximum Gasteiger partial charge on any atom is 0.194 e. The first-order valence-corrected chi connectivity index (χ1v) is 10.3. The van der Waals surface area contributed by atoms with Gasteiger partial charge in [-0.05, 0) is 26.8 Å². The number of aliphatic imine (C=N–C) groups is 1. The van der Waals surface area contributed by atoms with Crippen LogP contribution < -0.4 is 5.32 Å². The lowest BCUT2D eigenvalue weighted by Gasteiger charge is -2.36.